The molecule has 3 nitrogen and oxygen atoms in total. The molecule has 21 heavy (non-hydrogen) atoms. The van der Waals surface area contributed by atoms with Crippen molar-refractivity contribution in [3.05, 3.63) is 59.7 Å². The van der Waals surface area contributed by atoms with Crippen molar-refractivity contribution in [2.24, 2.45) is 0 Å². The van der Waals surface area contributed by atoms with Crippen LogP contribution in [0.1, 0.15) is 31.0 Å². The van der Waals surface area contributed by atoms with Crippen molar-refractivity contribution in [1.82, 2.24) is 5.32 Å². The number of phenols is 1. The van der Waals surface area contributed by atoms with Gasteiger partial charge in [-0.1, -0.05) is 24.3 Å². The quantitative estimate of drug-likeness (QED) is 0.850. The van der Waals surface area contributed by atoms with Crippen LogP contribution in [0.4, 0.5) is 0 Å². The van der Waals surface area contributed by atoms with Crippen LogP contribution in [0.15, 0.2) is 48.5 Å². The normalized spacial score (nSPS) is 13.7. The summed E-state index contributed by atoms with van der Waals surface area (Å²) in [5, 5.41) is 12.9. The van der Waals surface area contributed by atoms with Crippen molar-refractivity contribution in [3.8, 4) is 11.5 Å². The zero-order chi connectivity index (χ0) is 15.2. The summed E-state index contributed by atoms with van der Waals surface area (Å²) in [6, 6.07) is 16.2. The maximum Gasteiger partial charge on any atom is 0.118 e. The monoisotopic (exact) mass is 285 g/mol. The fourth-order valence-corrected chi connectivity index (χ4v) is 2.46. The fourth-order valence-electron chi connectivity index (χ4n) is 2.46. The Morgan fingerprint density at radius 1 is 1.00 bits per heavy atom. The summed E-state index contributed by atoms with van der Waals surface area (Å²) in [7, 11) is 1.68. The van der Waals surface area contributed by atoms with E-state index in [1.165, 1.54) is 11.1 Å². The molecule has 2 atom stereocenters. The number of hydrogen-bond donors (Lipinski definition) is 2. The van der Waals surface area contributed by atoms with E-state index in [0.717, 1.165) is 12.2 Å². The molecule has 0 aliphatic heterocycles. The van der Waals surface area contributed by atoms with E-state index < -0.39 is 0 Å². The first-order valence-corrected chi connectivity index (χ1v) is 7.26. The Hall–Kier alpha value is -2.00. The number of phenolic OH excluding ortho intramolecular Hbond substituents is 1. The predicted molar refractivity (Wildman–Crippen MR) is 85.8 cm³/mol. The number of benzene rings is 2. The van der Waals surface area contributed by atoms with E-state index >= 15 is 0 Å². The minimum atomic E-state index is 0.281. The number of aromatic hydroxyl groups is 1. The fraction of sp³-hybridized carbons (Fsp3) is 0.333. The summed E-state index contributed by atoms with van der Waals surface area (Å²) in [5.41, 5.74) is 2.46. The summed E-state index contributed by atoms with van der Waals surface area (Å²) in [4.78, 5) is 0. The van der Waals surface area contributed by atoms with Crippen LogP contribution in [-0.2, 0) is 6.42 Å². The highest BCUT2D eigenvalue weighted by atomic mass is 16.5. The molecule has 0 saturated carbocycles. The summed E-state index contributed by atoms with van der Waals surface area (Å²) < 4.78 is 5.18. The molecule has 2 unspecified atom stereocenters. The van der Waals surface area contributed by atoms with Gasteiger partial charge in [-0.05, 0) is 55.7 Å². The Morgan fingerprint density at radius 3 is 2.19 bits per heavy atom. The van der Waals surface area contributed by atoms with Gasteiger partial charge in [0, 0.05) is 12.1 Å². The molecule has 2 N–H and O–H groups in total. The Kier molecular flexibility index (Phi) is 5.23. The lowest BCUT2D eigenvalue weighted by Crippen LogP contribution is -2.30. The van der Waals surface area contributed by atoms with Crippen LogP contribution in [0.25, 0.3) is 0 Å². The average Bonchev–Trinajstić information content (AvgIpc) is 2.49. The maximum absolute atomic E-state index is 9.30. The lowest BCUT2D eigenvalue weighted by atomic mass is 10.0. The molecule has 0 spiro atoms. The Balaban J connectivity index is 1.91. The summed E-state index contributed by atoms with van der Waals surface area (Å²) in [6.07, 6.45) is 0.931. The topological polar surface area (TPSA) is 41.5 Å². The first-order valence-electron chi connectivity index (χ1n) is 7.26. The highest BCUT2D eigenvalue weighted by molar-refractivity contribution is 5.29. The van der Waals surface area contributed by atoms with Crippen molar-refractivity contribution >= 4 is 0 Å². The van der Waals surface area contributed by atoms with Gasteiger partial charge >= 0.3 is 0 Å². The van der Waals surface area contributed by atoms with Crippen molar-refractivity contribution < 1.29 is 9.84 Å². The Labute approximate surface area is 126 Å². The van der Waals surface area contributed by atoms with Crippen LogP contribution in [0.3, 0.4) is 0 Å². The summed E-state index contributed by atoms with van der Waals surface area (Å²) in [6.45, 7) is 4.34. The highest BCUT2D eigenvalue weighted by Crippen LogP contribution is 2.18. The number of methoxy groups -OCH3 is 1. The van der Waals surface area contributed by atoms with E-state index in [0.29, 0.717) is 11.8 Å². The smallest absolute Gasteiger partial charge is 0.118 e. The van der Waals surface area contributed by atoms with Gasteiger partial charge in [0.15, 0.2) is 0 Å². The van der Waals surface area contributed by atoms with E-state index in [9.17, 15) is 5.11 Å². The Bertz CT molecular complexity index is 548. The molecule has 2 aromatic rings. The van der Waals surface area contributed by atoms with Gasteiger partial charge in [0.1, 0.15) is 11.5 Å². The first kappa shape index (κ1) is 15.4. The van der Waals surface area contributed by atoms with Crippen LogP contribution in [-0.4, -0.2) is 18.3 Å². The maximum atomic E-state index is 9.30. The molecule has 0 aliphatic carbocycles. The minimum absolute atomic E-state index is 0.281. The van der Waals surface area contributed by atoms with E-state index in [4.69, 9.17) is 4.74 Å². The van der Waals surface area contributed by atoms with Crippen LogP contribution < -0.4 is 10.1 Å². The van der Waals surface area contributed by atoms with Crippen LogP contribution in [0.2, 0.25) is 0 Å². The first-order chi connectivity index (χ1) is 10.1. The van der Waals surface area contributed by atoms with Crippen molar-refractivity contribution in [1.29, 1.82) is 0 Å². The largest absolute Gasteiger partial charge is 0.508 e. The predicted octanol–water partition coefficient (Wildman–Crippen LogP) is 3.68. The zero-order valence-electron chi connectivity index (χ0n) is 12.8. The van der Waals surface area contributed by atoms with Gasteiger partial charge in [0.2, 0.25) is 0 Å². The van der Waals surface area contributed by atoms with Crippen molar-refractivity contribution in [2.75, 3.05) is 7.11 Å². The van der Waals surface area contributed by atoms with Gasteiger partial charge in [-0.2, -0.15) is 0 Å². The number of rotatable bonds is 6. The van der Waals surface area contributed by atoms with E-state index in [2.05, 4.69) is 31.3 Å². The zero-order valence-corrected chi connectivity index (χ0v) is 12.8. The highest BCUT2D eigenvalue weighted by Gasteiger charge is 2.10. The number of hydrogen-bond acceptors (Lipinski definition) is 3. The molecule has 0 fully saturated rings. The third kappa shape index (κ3) is 4.50. The molecule has 0 saturated heterocycles. The van der Waals surface area contributed by atoms with Crippen LogP contribution in [0.5, 0.6) is 11.5 Å². The van der Waals surface area contributed by atoms with Gasteiger partial charge in [-0.25, -0.2) is 0 Å². The summed E-state index contributed by atoms with van der Waals surface area (Å²) in [5.74, 6) is 1.19. The molecule has 2 aromatic carbocycles. The molecular formula is C18H23NO2. The molecular weight excluding hydrogens is 262 g/mol. The minimum Gasteiger partial charge on any atom is -0.508 e. The average molecular weight is 285 g/mol. The van der Waals surface area contributed by atoms with Crippen molar-refractivity contribution in [2.45, 2.75) is 32.4 Å². The van der Waals surface area contributed by atoms with Crippen LogP contribution in [0, 0.1) is 0 Å². The summed E-state index contributed by atoms with van der Waals surface area (Å²) >= 11 is 0. The van der Waals surface area contributed by atoms with E-state index in [1.54, 1.807) is 19.2 Å². The third-order valence-corrected chi connectivity index (χ3v) is 3.63. The number of ether oxygens (including phenoxy) is 1. The van der Waals surface area contributed by atoms with E-state index in [1.807, 2.05) is 24.3 Å². The second kappa shape index (κ2) is 7.14. The standard InChI is InChI=1S/C18H23NO2/c1-13(12-15-4-8-17(20)9-5-15)19-14(2)16-6-10-18(21-3)11-7-16/h4-11,13-14,19-20H,12H2,1-3H3. The third-order valence-electron chi connectivity index (χ3n) is 3.63. The molecule has 112 valence electrons. The van der Waals surface area contributed by atoms with Crippen LogP contribution >= 0.6 is 0 Å². The lowest BCUT2D eigenvalue weighted by molar-refractivity contribution is 0.414. The molecule has 3 heteroatoms. The molecule has 0 aromatic heterocycles. The Morgan fingerprint density at radius 2 is 1.62 bits per heavy atom. The van der Waals surface area contributed by atoms with Gasteiger partial charge in [-0.3, -0.25) is 0 Å². The van der Waals surface area contributed by atoms with Gasteiger partial charge in [0.05, 0.1) is 7.11 Å². The SMILES string of the molecule is COc1ccc(C(C)NC(C)Cc2ccc(O)cc2)cc1. The van der Waals surface area contributed by atoms with Gasteiger partial charge < -0.3 is 15.2 Å². The van der Waals surface area contributed by atoms with Crippen molar-refractivity contribution in [3.63, 3.8) is 0 Å². The molecule has 0 aliphatic rings. The van der Waals surface area contributed by atoms with E-state index in [-0.39, 0.29) is 6.04 Å². The lowest BCUT2D eigenvalue weighted by Gasteiger charge is -2.20. The second-order valence-corrected chi connectivity index (χ2v) is 5.43. The van der Waals surface area contributed by atoms with Gasteiger partial charge in [0.25, 0.3) is 0 Å². The molecule has 0 bridgehead atoms. The second-order valence-electron chi connectivity index (χ2n) is 5.43. The molecule has 0 radical (unpaired) electrons. The number of nitrogens with one attached hydrogen (secondary N) is 1. The molecule has 0 amide bonds. The molecule has 0 heterocycles. The molecule has 2 rings (SSSR count). The van der Waals surface area contributed by atoms with Gasteiger partial charge in [-0.15, -0.1) is 0 Å².